The van der Waals surface area contributed by atoms with Crippen molar-refractivity contribution in [2.45, 2.75) is 0 Å². The maximum absolute atomic E-state index is 12.9. The minimum atomic E-state index is -0.712. The highest BCUT2D eigenvalue weighted by Gasteiger charge is 2.09. The van der Waals surface area contributed by atoms with Gasteiger partial charge < -0.3 is 4.74 Å². The molecule has 0 radical (unpaired) electrons. The van der Waals surface area contributed by atoms with Gasteiger partial charge in [-0.3, -0.25) is 0 Å². The fourth-order valence-electron chi connectivity index (χ4n) is 1.46. The fourth-order valence-corrected chi connectivity index (χ4v) is 2.74. The van der Waals surface area contributed by atoms with Crippen LogP contribution in [-0.2, 0) is 14.1 Å². The molecule has 24 heavy (non-hydrogen) atoms. The molecule has 0 atom stereocenters. The lowest BCUT2D eigenvalue weighted by Gasteiger charge is -2.03. The molecule has 0 fully saturated rings. The summed E-state index contributed by atoms with van der Waals surface area (Å²) in [5.41, 5.74) is 0. The Kier molecular flexibility index (Phi) is 6.40. The molecule has 2 aromatic heterocycles. The first-order chi connectivity index (χ1) is 11.2. The lowest BCUT2D eigenvalue weighted by molar-refractivity contribution is 0.408. The van der Waals surface area contributed by atoms with Gasteiger partial charge in [0.15, 0.2) is 4.73 Å². The van der Waals surface area contributed by atoms with Crippen molar-refractivity contribution < 1.29 is 13.5 Å². The monoisotopic (exact) mass is 528 g/mol. The number of ether oxygens (including phenoxy) is 1. The summed E-state index contributed by atoms with van der Waals surface area (Å²) in [5.74, 6) is -1.40. The second kappa shape index (κ2) is 8.12. The minimum absolute atomic E-state index is 0.0282. The summed E-state index contributed by atoms with van der Waals surface area (Å²) in [5, 5.41) is 7.75. The number of aryl methyl sites for hydroxylation is 2. The molecule has 0 N–H and O–H groups in total. The van der Waals surface area contributed by atoms with Gasteiger partial charge in [0.25, 0.3) is 0 Å². The third-order valence-electron chi connectivity index (χ3n) is 2.43. The normalized spacial score (nSPS) is 10.3. The molecule has 3 aromatic rings. The highest BCUT2D eigenvalue weighted by Crippen LogP contribution is 2.22. The molecular weight excluding hydrogens is 522 g/mol. The zero-order valence-corrected chi connectivity index (χ0v) is 17.0. The Labute approximate surface area is 160 Å². The van der Waals surface area contributed by atoms with E-state index in [9.17, 15) is 8.78 Å². The first-order valence-corrected chi connectivity index (χ1v) is 8.55. The van der Waals surface area contributed by atoms with Crippen LogP contribution in [0, 0.1) is 11.6 Å². The SMILES string of the molecule is Cn1nc(Br)nc1Br.Cn1nc(Br)nc1Oc1cc(F)cc(F)c1. The molecule has 0 amide bonds. The van der Waals surface area contributed by atoms with Crippen LogP contribution in [-0.4, -0.2) is 29.5 Å². The van der Waals surface area contributed by atoms with E-state index in [0.29, 0.717) is 9.47 Å². The summed E-state index contributed by atoms with van der Waals surface area (Å²) in [4.78, 5) is 7.76. The topological polar surface area (TPSA) is 70.7 Å². The lowest BCUT2D eigenvalue weighted by Crippen LogP contribution is -1.96. The molecule has 0 aliphatic heterocycles. The van der Waals surface area contributed by atoms with Crippen molar-refractivity contribution in [2.24, 2.45) is 14.1 Å². The molecule has 0 spiro atoms. The number of hydrogen-bond donors (Lipinski definition) is 0. The molecule has 12 heteroatoms. The zero-order valence-electron chi connectivity index (χ0n) is 12.2. The first kappa shape index (κ1) is 18.9. The Bertz CT molecular complexity index is 814. The molecule has 0 aliphatic carbocycles. The number of aromatic nitrogens is 6. The van der Waals surface area contributed by atoms with Crippen molar-refractivity contribution in [3.63, 3.8) is 0 Å². The lowest BCUT2D eigenvalue weighted by atomic mass is 10.3. The summed E-state index contributed by atoms with van der Waals surface area (Å²) in [6.45, 7) is 0. The summed E-state index contributed by atoms with van der Waals surface area (Å²) in [7, 11) is 3.41. The highest BCUT2D eigenvalue weighted by molar-refractivity contribution is 9.11. The van der Waals surface area contributed by atoms with Gasteiger partial charge in [-0.2, -0.15) is 9.97 Å². The van der Waals surface area contributed by atoms with Crippen LogP contribution in [0.2, 0.25) is 0 Å². The van der Waals surface area contributed by atoms with Crippen molar-refractivity contribution in [1.82, 2.24) is 29.5 Å². The van der Waals surface area contributed by atoms with Gasteiger partial charge in [-0.05, 0) is 47.8 Å². The molecule has 7 nitrogen and oxygen atoms in total. The number of rotatable bonds is 2. The zero-order chi connectivity index (χ0) is 17.9. The van der Waals surface area contributed by atoms with Crippen LogP contribution in [0.15, 0.2) is 32.4 Å². The van der Waals surface area contributed by atoms with E-state index in [1.807, 2.05) is 7.05 Å². The van der Waals surface area contributed by atoms with Crippen molar-refractivity contribution in [3.8, 4) is 11.8 Å². The largest absolute Gasteiger partial charge is 0.424 e. The van der Waals surface area contributed by atoms with Crippen LogP contribution in [0.3, 0.4) is 0 Å². The van der Waals surface area contributed by atoms with Crippen LogP contribution in [0.5, 0.6) is 11.8 Å². The van der Waals surface area contributed by atoms with Crippen LogP contribution < -0.4 is 4.74 Å². The van der Waals surface area contributed by atoms with E-state index in [1.165, 1.54) is 4.68 Å². The highest BCUT2D eigenvalue weighted by atomic mass is 79.9. The fraction of sp³-hybridized carbons (Fsp3) is 0.167. The maximum atomic E-state index is 12.9. The quantitative estimate of drug-likeness (QED) is 0.501. The number of benzene rings is 1. The van der Waals surface area contributed by atoms with E-state index >= 15 is 0 Å². The Morgan fingerprint density at radius 3 is 1.79 bits per heavy atom. The molecule has 0 unspecified atom stereocenters. The van der Waals surface area contributed by atoms with Gasteiger partial charge in [-0.1, -0.05) is 0 Å². The van der Waals surface area contributed by atoms with Gasteiger partial charge in [-0.15, -0.1) is 10.2 Å². The number of nitrogens with zero attached hydrogens (tertiary/aromatic N) is 6. The van der Waals surface area contributed by atoms with Gasteiger partial charge in [-0.25, -0.2) is 18.1 Å². The maximum Gasteiger partial charge on any atom is 0.321 e. The Morgan fingerprint density at radius 2 is 1.42 bits per heavy atom. The van der Waals surface area contributed by atoms with Crippen molar-refractivity contribution in [3.05, 3.63) is 44.0 Å². The summed E-state index contributed by atoms with van der Waals surface area (Å²) >= 11 is 9.34. The molecule has 0 saturated carbocycles. The van der Waals surface area contributed by atoms with Gasteiger partial charge in [0.1, 0.15) is 17.4 Å². The van der Waals surface area contributed by atoms with E-state index in [4.69, 9.17) is 4.74 Å². The number of halogens is 5. The van der Waals surface area contributed by atoms with Crippen molar-refractivity contribution >= 4 is 47.8 Å². The summed E-state index contributed by atoms with van der Waals surface area (Å²) in [6, 6.07) is 3.02. The first-order valence-electron chi connectivity index (χ1n) is 6.17. The molecule has 0 aliphatic rings. The van der Waals surface area contributed by atoms with Gasteiger partial charge in [0.2, 0.25) is 9.47 Å². The molecule has 2 heterocycles. The average molecular weight is 531 g/mol. The predicted octanol–water partition coefficient (Wildman–Crippen LogP) is 3.99. The van der Waals surface area contributed by atoms with Crippen molar-refractivity contribution in [1.29, 1.82) is 0 Å². The average Bonchev–Trinajstić information content (AvgIpc) is 2.90. The smallest absolute Gasteiger partial charge is 0.321 e. The van der Waals surface area contributed by atoms with Crippen LogP contribution in [0.4, 0.5) is 8.78 Å². The van der Waals surface area contributed by atoms with Crippen LogP contribution in [0.1, 0.15) is 0 Å². The van der Waals surface area contributed by atoms with Crippen LogP contribution >= 0.6 is 47.8 Å². The van der Waals surface area contributed by atoms with Gasteiger partial charge >= 0.3 is 6.01 Å². The predicted molar refractivity (Wildman–Crippen MR) is 91.5 cm³/mol. The van der Waals surface area contributed by atoms with Gasteiger partial charge in [0, 0.05) is 32.3 Å². The molecular formula is C12H9Br3F2N6O. The second-order valence-electron chi connectivity index (χ2n) is 4.27. The third-order valence-corrected chi connectivity index (χ3v) is 3.79. The van der Waals surface area contributed by atoms with E-state index in [2.05, 4.69) is 68.0 Å². The summed E-state index contributed by atoms with van der Waals surface area (Å²) < 4.78 is 35.5. The minimum Gasteiger partial charge on any atom is -0.424 e. The Balaban J connectivity index is 0.000000219. The van der Waals surface area contributed by atoms with E-state index in [-0.39, 0.29) is 11.8 Å². The molecule has 0 bridgehead atoms. The number of hydrogen-bond acceptors (Lipinski definition) is 5. The van der Waals surface area contributed by atoms with E-state index in [1.54, 1.807) is 11.7 Å². The molecule has 1 aromatic carbocycles. The Hall–Kier alpha value is -1.40. The standard InChI is InChI=1S/C9H6BrF2N3O.C3H3Br2N3/c1-15-9(13-8(10)14-15)16-7-3-5(11)2-6(12)4-7;1-8-3(5)6-2(4)7-8/h2-4H,1H3;1H3. The summed E-state index contributed by atoms with van der Waals surface area (Å²) in [6.07, 6.45) is 0. The molecule has 128 valence electrons. The Morgan fingerprint density at radius 1 is 0.875 bits per heavy atom. The third kappa shape index (κ3) is 5.31. The van der Waals surface area contributed by atoms with Crippen LogP contribution in [0.25, 0.3) is 0 Å². The second-order valence-corrected chi connectivity index (χ2v) is 6.40. The van der Waals surface area contributed by atoms with E-state index < -0.39 is 11.6 Å². The van der Waals surface area contributed by atoms with E-state index in [0.717, 1.165) is 22.9 Å². The molecule has 0 saturated heterocycles. The van der Waals surface area contributed by atoms with Crippen molar-refractivity contribution in [2.75, 3.05) is 0 Å². The van der Waals surface area contributed by atoms with Gasteiger partial charge in [0.05, 0.1) is 0 Å². The molecule has 3 rings (SSSR count).